The van der Waals surface area contributed by atoms with Crippen LogP contribution in [0.4, 0.5) is 0 Å². The fourth-order valence-corrected chi connectivity index (χ4v) is 4.61. The van der Waals surface area contributed by atoms with Crippen molar-refractivity contribution >= 4 is 28.8 Å². The van der Waals surface area contributed by atoms with Gasteiger partial charge >= 0.3 is 0 Å². The van der Waals surface area contributed by atoms with Gasteiger partial charge in [-0.2, -0.15) is 0 Å². The molecule has 0 radical (unpaired) electrons. The smallest absolute Gasteiger partial charge is 0.223 e. The highest BCUT2D eigenvalue weighted by Gasteiger charge is 2.27. The number of nitrogens with one attached hydrogen (secondary N) is 1. The van der Waals surface area contributed by atoms with E-state index in [9.17, 15) is 4.79 Å². The molecule has 138 valence electrons. The number of carbonyl (C=O) groups is 1. The first-order chi connectivity index (χ1) is 13.2. The monoisotopic (exact) mass is 397 g/mol. The van der Waals surface area contributed by atoms with Crippen LogP contribution in [0, 0.1) is 5.92 Å². The van der Waals surface area contributed by atoms with Crippen molar-refractivity contribution in [3.05, 3.63) is 69.8 Å². The largest absolute Gasteiger partial charge is 0.356 e. The van der Waals surface area contributed by atoms with E-state index in [1.54, 1.807) is 17.5 Å². The highest BCUT2D eigenvalue weighted by Crippen LogP contribution is 2.34. The van der Waals surface area contributed by atoms with E-state index in [-0.39, 0.29) is 11.8 Å². The molecule has 2 heterocycles. The normalized spacial score (nSPS) is 16.0. The summed E-state index contributed by atoms with van der Waals surface area (Å²) in [7, 11) is 0. The van der Waals surface area contributed by atoms with Crippen molar-refractivity contribution in [3.8, 4) is 10.7 Å². The van der Waals surface area contributed by atoms with Gasteiger partial charge in [0, 0.05) is 28.6 Å². The van der Waals surface area contributed by atoms with Crippen LogP contribution in [0.3, 0.4) is 0 Å². The quantitative estimate of drug-likeness (QED) is 0.697. The molecule has 2 aromatic heterocycles. The summed E-state index contributed by atoms with van der Waals surface area (Å²) in [6, 6.07) is 13.6. The number of halogens is 1. The molecule has 0 spiro atoms. The lowest BCUT2D eigenvalue weighted by Gasteiger charge is -2.20. The first kappa shape index (κ1) is 18.1. The van der Waals surface area contributed by atoms with Crippen molar-refractivity contribution < 1.29 is 4.79 Å². The highest BCUT2D eigenvalue weighted by molar-refractivity contribution is 7.15. The average Bonchev–Trinajstić information content (AvgIpc) is 3.13. The van der Waals surface area contributed by atoms with Gasteiger partial charge < -0.3 is 5.32 Å². The molecular formula is C21H20ClN3OS. The summed E-state index contributed by atoms with van der Waals surface area (Å²) in [4.78, 5) is 22.9. The Hall–Kier alpha value is -2.24. The van der Waals surface area contributed by atoms with Gasteiger partial charge in [0.25, 0.3) is 0 Å². The number of pyridine rings is 1. The summed E-state index contributed by atoms with van der Waals surface area (Å²) in [5.41, 5.74) is 3.21. The molecule has 6 heteroatoms. The van der Waals surface area contributed by atoms with Crippen molar-refractivity contribution in [3.63, 3.8) is 0 Å². The second-order valence-corrected chi connectivity index (χ2v) is 8.23. The van der Waals surface area contributed by atoms with E-state index in [1.165, 1.54) is 10.4 Å². The van der Waals surface area contributed by atoms with Gasteiger partial charge in [-0.3, -0.25) is 9.78 Å². The number of hydrogen-bond acceptors (Lipinski definition) is 4. The molecule has 3 aromatic rings. The predicted molar refractivity (Wildman–Crippen MR) is 109 cm³/mol. The van der Waals surface area contributed by atoms with Crippen LogP contribution in [-0.2, 0) is 24.1 Å². The lowest BCUT2D eigenvalue weighted by atomic mass is 9.90. The van der Waals surface area contributed by atoms with Crippen LogP contribution in [0.15, 0.2) is 48.7 Å². The number of aryl methyl sites for hydroxylation is 1. The molecule has 1 aliphatic carbocycles. The third-order valence-corrected chi connectivity index (χ3v) is 6.22. The number of aromatic nitrogens is 2. The van der Waals surface area contributed by atoms with E-state index < -0.39 is 0 Å². The summed E-state index contributed by atoms with van der Waals surface area (Å²) in [6.07, 6.45) is 5.07. The van der Waals surface area contributed by atoms with Crippen LogP contribution in [0.25, 0.3) is 10.7 Å². The first-order valence-electron chi connectivity index (χ1n) is 9.11. The zero-order valence-electron chi connectivity index (χ0n) is 14.8. The van der Waals surface area contributed by atoms with Gasteiger partial charge in [0.05, 0.1) is 11.4 Å². The van der Waals surface area contributed by atoms with Gasteiger partial charge in [0.2, 0.25) is 5.91 Å². The number of benzene rings is 1. The van der Waals surface area contributed by atoms with Crippen LogP contribution >= 0.6 is 22.9 Å². The Morgan fingerprint density at radius 1 is 1.22 bits per heavy atom. The van der Waals surface area contributed by atoms with Gasteiger partial charge in [-0.05, 0) is 55.5 Å². The second kappa shape index (κ2) is 8.19. The minimum absolute atomic E-state index is 0.0275. The van der Waals surface area contributed by atoms with Gasteiger partial charge in [-0.15, -0.1) is 11.3 Å². The summed E-state index contributed by atoms with van der Waals surface area (Å²) in [5, 5.41) is 4.77. The number of amides is 1. The molecule has 0 saturated heterocycles. The van der Waals surface area contributed by atoms with E-state index in [2.05, 4.69) is 10.3 Å². The summed E-state index contributed by atoms with van der Waals surface area (Å²) < 4.78 is 0. The number of thiazole rings is 1. The Kier molecular flexibility index (Phi) is 5.50. The average molecular weight is 398 g/mol. The van der Waals surface area contributed by atoms with Crippen LogP contribution in [0.5, 0.6) is 0 Å². The predicted octanol–water partition coefficient (Wildman–Crippen LogP) is 4.32. The van der Waals surface area contributed by atoms with Gasteiger partial charge in [-0.25, -0.2) is 4.98 Å². The Bertz CT molecular complexity index is 924. The van der Waals surface area contributed by atoms with Crippen molar-refractivity contribution in [2.75, 3.05) is 6.54 Å². The molecule has 0 bridgehead atoms. The molecule has 4 nitrogen and oxygen atoms in total. The molecule has 0 fully saturated rings. The van der Waals surface area contributed by atoms with Crippen LogP contribution in [0.2, 0.25) is 5.02 Å². The van der Waals surface area contributed by atoms with Gasteiger partial charge in [0.1, 0.15) is 5.01 Å². The summed E-state index contributed by atoms with van der Waals surface area (Å²) in [5.74, 6) is 0.169. The highest BCUT2D eigenvalue weighted by atomic mass is 35.5. The van der Waals surface area contributed by atoms with E-state index in [0.717, 1.165) is 47.1 Å². The van der Waals surface area contributed by atoms with Gasteiger partial charge in [0.15, 0.2) is 0 Å². The third-order valence-electron chi connectivity index (χ3n) is 4.82. The minimum atomic E-state index is 0.0275. The molecule has 1 N–H and O–H groups in total. The van der Waals surface area contributed by atoms with Crippen LogP contribution < -0.4 is 5.32 Å². The number of rotatable bonds is 5. The van der Waals surface area contributed by atoms with Crippen molar-refractivity contribution in [2.24, 2.45) is 5.92 Å². The summed E-state index contributed by atoms with van der Waals surface area (Å²) >= 11 is 7.57. The summed E-state index contributed by atoms with van der Waals surface area (Å²) in [6.45, 7) is 0.645. The molecule has 1 aromatic carbocycles. The number of fused-ring (bicyclic) bond motifs is 1. The lowest BCUT2D eigenvalue weighted by molar-refractivity contribution is -0.125. The molecule has 27 heavy (non-hydrogen) atoms. The zero-order valence-corrected chi connectivity index (χ0v) is 16.4. The van der Waals surface area contributed by atoms with E-state index >= 15 is 0 Å². The fourth-order valence-electron chi connectivity index (χ4n) is 3.32. The SMILES string of the molecule is O=C(NCCc1ccc(Cl)cc1)C1CCc2nc(-c3ccccn3)sc2C1. The first-order valence-corrected chi connectivity index (χ1v) is 10.3. The maximum atomic E-state index is 12.6. The Morgan fingerprint density at radius 3 is 2.85 bits per heavy atom. The maximum absolute atomic E-state index is 12.6. The second-order valence-electron chi connectivity index (χ2n) is 6.71. The van der Waals surface area contributed by atoms with E-state index in [1.807, 2.05) is 42.5 Å². The molecule has 0 saturated carbocycles. The number of hydrogen-bond donors (Lipinski definition) is 1. The van der Waals surface area contributed by atoms with Crippen LogP contribution in [0.1, 0.15) is 22.6 Å². The molecular weight excluding hydrogens is 378 g/mol. The van der Waals surface area contributed by atoms with Crippen molar-refractivity contribution in [2.45, 2.75) is 25.7 Å². The molecule has 4 rings (SSSR count). The minimum Gasteiger partial charge on any atom is -0.356 e. The Morgan fingerprint density at radius 2 is 2.07 bits per heavy atom. The fraction of sp³-hybridized carbons (Fsp3) is 0.286. The Labute approximate surface area is 167 Å². The number of carbonyl (C=O) groups excluding carboxylic acids is 1. The van der Waals surface area contributed by atoms with Crippen molar-refractivity contribution in [1.29, 1.82) is 0 Å². The molecule has 1 amide bonds. The van der Waals surface area contributed by atoms with Crippen LogP contribution in [-0.4, -0.2) is 22.4 Å². The topological polar surface area (TPSA) is 54.9 Å². The van der Waals surface area contributed by atoms with E-state index in [4.69, 9.17) is 16.6 Å². The van der Waals surface area contributed by atoms with E-state index in [0.29, 0.717) is 6.54 Å². The Balaban J connectivity index is 1.34. The molecule has 1 unspecified atom stereocenters. The van der Waals surface area contributed by atoms with Gasteiger partial charge in [-0.1, -0.05) is 29.8 Å². The molecule has 1 atom stereocenters. The maximum Gasteiger partial charge on any atom is 0.223 e. The third kappa shape index (κ3) is 4.37. The zero-order chi connectivity index (χ0) is 18.6. The number of nitrogens with zero attached hydrogens (tertiary/aromatic N) is 2. The standard InChI is InChI=1S/C21H20ClN3OS/c22-16-7-4-14(5-8-16)10-12-24-20(26)15-6-9-17-19(13-15)27-21(25-17)18-3-1-2-11-23-18/h1-5,7-8,11,15H,6,9-10,12-13H2,(H,24,26). The lowest BCUT2D eigenvalue weighted by Crippen LogP contribution is -2.35. The van der Waals surface area contributed by atoms with Crippen molar-refractivity contribution in [1.82, 2.24) is 15.3 Å². The molecule has 0 aliphatic heterocycles. The molecule has 1 aliphatic rings.